The largest absolute Gasteiger partial charge is 0.310 e. The number of hydrogen-bond donors (Lipinski definition) is 1. The Morgan fingerprint density at radius 3 is 2.93 bits per heavy atom. The average Bonchev–Trinajstić information content (AvgIpc) is 2.24. The van der Waals surface area contributed by atoms with Crippen molar-refractivity contribution in [1.82, 2.24) is 5.32 Å². The van der Waals surface area contributed by atoms with Crippen LogP contribution in [0.15, 0.2) is 24.3 Å². The molecule has 0 aliphatic heterocycles. The molecule has 80 valence electrons. The molecule has 15 heavy (non-hydrogen) atoms. The molecule has 0 radical (unpaired) electrons. The van der Waals surface area contributed by atoms with Gasteiger partial charge in [0, 0.05) is 12.5 Å². The Morgan fingerprint density at radius 1 is 1.47 bits per heavy atom. The molecule has 1 atom stereocenters. The summed E-state index contributed by atoms with van der Waals surface area (Å²) in [6.45, 7) is 5.29. The van der Waals surface area contributed by atoms with Crippen molar-refractivity contribution in [1.29, 1.82) is 0 Å². The molecule has 0 heterocycles. The molecule has 0 spiro atoms. The Morgan fingerprint density at radius 2 is 2.27 bits per heavy atom. The molecule has 0 fully saturated rings. The van der Waals surface area contributed by atoms with Crippen LogP contribution in [0.25, 0.3) is 0 Å². The van der Waals surface area contributed by atoms with Gasteiger partial charge < -0.3 is 5.32 Å². The summed E-state index contributed by atoms with van der Waals surface area (Å²) >= 11 is 0. The predicted octanol–water partition coefficient (Wildman–Crippen LogP) is 3.06. The fourth-order valence-electron chi connectivity index (χ4n) is 1.57. The van der Waals surface area contributed by atoms with Crippen molar-refractivity contribution in [3.05, 3.63) is 35.4 Å². The molecular formula is C14H19N. The minimum absolute atomic E-state index is 0.405. The van der Waals surface area contributed by atoms with Crippen LogP contribution in [0, 0.1) is 19.3 Å². The number of nitrogens with one attached hydrogen (secondary N) is 1. The third kappa shape index (κ3) is 4.18. The van der Waals surface area contributed by atoms with E-state index in [1.54, 1.807) is 0 Å². The van der Waals surface area contributed by atoms with Crippen molar-refractivity contribution in [3.8, 4) is 12.3 Å². The topological polar surface area (TPSA) is 12.0 Å². The minimum Gasteiger partial charge on any atom is -0.310 e. The fourth-order valence-corrected chi connectivity index (χ4v) is 1.57. The number of benzene rings is 1. The second-order valence-electron chi connectivity index (χ2n) is 3.90. The summed E-state index contributed by atoms with van der Waals surface area (Å²) in [5, 5.41) is 3.47. The lowest BCUT2D eigenvalue weighted by atomic mass is 10.1. The van der Waals surface area contributed by atoms with Crippen LogP contribution in [0.2, 0.25) is 0 Å². The van der Waals surface area contributed by atoms with Crippen LogP contribution >= 0.6 is 0 Å². The first-order valence-electron chi connectivity index (χ1n) is 5.47. The summed E-state index contributed by atoms with van der Waals surface area (Å²) in [6, 6.07) is 9.01. The lowest BCUT2D eigenvalue weighted by Crippen LogP contribution is -2.19. The van der Waals surface area contributed by atoms with E-state index in [2.05, 4.69) is 49.4 Å². The van der Waals surface area contributed by atoms with Gasteiger partial charge in [-0.25, -0.2) is 0 Å². The maximum Gasteiger partial charge on any atom is 0.0291 e. The van der Waals surface area contributed by atoms with Gasteiger partial charge >= 0.3 is 0 Å². The first kappa shape index (κ1) is 11.8. The highest BCUT2D eigenvalue weighted by Gasteiger charge is 2.03. The van der Waals surface area contributed by atoms with Gasteiger partial charge in [-0.05, 0) is 32.4 Å². The van der Waals surface area contributed by atoms with Gasteiger partial charge in [0.25, 0.3) is 0 Å². The van der Waals surface area contributed by atoms with Gasteiger partial charge in [0.15, 0.2) is 0 Å². The zero-order chi connectivity index (χ0) is 11.1. The van der Waals surface area contributed by atoms with Crippen LogP contribution in [-0.4, -0.2) is 6.54 Å². The zero-order valence-corrected chi connectivity index (χ0v) is 9.59. The van der Waals surface area contributed by atoms with Crippen LogP contribution in [-0.2, 0) is 0 Å². The van der Waals surface area contributed by atoms with E-state index < -0.39 is 0 Å². The van der Waals surface area contributed by atoms with Gasteiger partial charge in [0.1, 0.15) is 0 Å². The van der Waals surface area contributed by atoms with Crippen LogP contribution < -0.4 is 5.32 Å². The summed E-state index contributed by atoms with van der Waals surface area (Å²) < 4.78 is 0. The molecule has 1 N–H and O–H groups in total. The van der Waals surface area contributed by atoms with Crippen molar-refractivity contribution < 1.29 is 0 Å². The fraction of sp³-hybridized carbons (Fsp3) is 0.429. The Kier molecular flexibility index (Phi) is 4.93. The normalized spacial score (nSPS) is 12.1. The van der Waals surface area contributed by atoms with Crippen LogP contribution in [0.5, 0.6) is 0 Å². The van der Waals surface area contributed by atoms with E-state index in [0.29, 0.717) is 6.04 Å². The lowest BCUT2D eigenvalue weighted by Gasteiger charge is -2.14. The molecule has 0 bridgehead atoms. The van der Waals surface area contributed by atoms with Crippen molar-refractivity contribution in [2.75, 3.05) is 6.54 Å². The molecule has 1 rings (SSSR count). The second-order valence-corrected chi connectivity index (χ2v) is 3.90. The third-order valence-corrected chi connectivity index (χ3v) is 2.49. The Labute approximate surface area is 92.9 Å². The maximum atomic E-state index is 5.20. The number of unbranched alkanes of at least 4 members (excludes halogenated alkanes) is 1. The highest BCUT2D eigenvalue weighted by atomic mass is 14.9. The van der Waals surface area contributed by atoms with Crippen LogP contribution in [0.1, 0.15) is 36.9 Å². The molecule has 1 nitrogen and oxygen atoms in total. The molecule has 1 aromatic carbocycles. The van der Waals surface area contributed by atoms with Gasteiger partial charge in [-0.2, -0.15) is 0 Å². The van der Waals surface area contributed by atoms with Gasteiger partial charge in [-0.3, -0.25) is 0 Å². The van der Waals surface area contributed by atoms with Gasteiger partial charge in [0.05, 0.1) is 0 Å². The number of rotatable bonds is 5. The molecule has 1 unspecified atom stereocenters. The summed E-state index contributed by atoms with van der Waals surface area (Å²) in [4.78, 5) is 0. The average molecular weight is 201 g/mol. The standard InChI is InChI=1S/C14H19N/c1-4-5-6-10-15-13(3)14-9-7-8-12(2)11-14/h1,7-9,11,13,15H,5-6,10H2,2-3H3. The molecule has 0 aliphatic rings. The lowest BCUT2D eigenvalue weighted by molar-refractivity contribution is 0.562. The van der Waals surface area contributed by atoms with Crippen molar-refractivity contribution in [2.24, 2.45) is 0 Å². The Hall–Kier alpha value is -1.26. The number of aryl methyl sites for hydroxylation is 1. The SMILES string of the molecule is C#CCCCNC(C)c1cccc(C)c1. The highest BCUT2D eigenvalue weighted by molar-refractivity contribution is 5.24. The summed E-state index contributed by atoms with van der Waals surface area (Å²) in [6.07, 6.45) is 7.10. The molecule has 0 saturated heterocycles. The first-order valence-corrected chi connectivity index (χ1v) is 5.47. The van der Waals surface area contributed by atoms with E-state index in [1.165, 1.54) is 11.1 Å². The molecule has 0 aliphatic carbocycles. The van der Waals surface area contributed by atoms with E-state index in [1.807, 2.05) is 0 Å². The van der Waals surface area contributed by atoms with E-state index in [-0.39, 0.29) is 0 Å². The summed E-state index contributed by atoms with van der Waals surface area (Å²) in [7, 11) is 0. The zero-order valence-electron chi connectivity index (χ0n) is 9.59. The van der Waals surface area contributed by atoms with Crippen molar-refractivity contribution in [3.63, 3.8) is 0 Å². The minimum atomic E-state index is 0.405. The third-order valence-electron chi connectivity index (χ3n) is 2.49. The molecular weight excluding hydrogens is 182 g/mol. The smallest absolute Gasteiger partial charge is 0.0291 e. The molecule has 0 saturated carbocycles. The monoisotopic (exact) mass is 201 g/mol. The maximum absolute atomic E-state index is 5.20. The highest BCUT2D eigenvalue weighted by Crippen LogP contribution is 2.13. The van der Waals surface area contributed by atoms with Gasteiger partial charge in [-0.1, -0.05) is 29.8 Å². The van der Waals surface area contributed by atoms with Gasteiger partial charge in [-0.15, -0.1) is 12.3 Å². The van der Waals surface area contributed by atoms with Crippen molar-refractivity contribution >= 4 is 0 Å². The summed E-state index contributed by atoms with van der Waals surface area (Å²) in [5.41, 5.74) is 2.65. The van der Waals surface area contributed by atoms with E-state index in [9.17, 15) is 0 Å². The van der Waals surface area contributed by atoms with Crippen LogP contribution in [0.4, 0.5) is 0 Å². The quantitative estimate of drug-likeness (QED) is 0.570. The van der Waals surface area contributed by atoms with E-state index in [4.69, 9.17) is 6.42 Å². The Balaban J connectivity index is 2.40. The molecule has 1 heteroatoms. The number of terminal acetylenes is 1. The Bertz CT molecular complexity index is 335. The van der Waals surface area contributed by atoms with E-state index in [0.717, 1.165) is 19.4 Å². The van der Waals surface area contributed by atoms with E-state index >= 15 is 0 Å². The molecule has 0 amide bonds. The number of hydrogen-bond acceptors (Lipinski definition) is 1. The molecule has 0 aromatic heterocycles. The molecule has 1 aromatic rings. The van der Waals surface area contributed by atoms with Crippen LogP contribution in [0.3, 0.4) is 0 Å². The van der Waals surface area contributed by atoms with Gasteiger partial charge in [0.2, 0.25) is 0 Å². The van der Waals surface area contributed by atoms with Crippen molar-refractivity contribution in [2.45, 2.75) is 32.7 Å². The second kappa shape index (κ2) is 6.27. The first-order chi connectivity index (χ1) is 7.24. The predicted molar refractivity (Wildman–Crippen MR) is 65.7 cm³/mol. The summed E-state index contributed by atoms with van der Waals surface area (Å²) in [5.74, 6) is 2.65.